The lowest BCUT2D eigenvalue weighted by molar-refractivity contribution is 0.870. The van der Waals surface area contributed by atoms with Gasteiger partial charge in [0.1, 0.15) is 0 Å². The molecule has 0 aromatic heterocycles. The van der Waals surface area contributed by atoms with E-state index in [-0.39, 0.29) is 5.69 Å². The Bertz CT molecular complexity index is 897. The Kier molecular flexibility index (Phi) is 2.66. The molecule has 0 atom stereocenters. The third-order valence-corrected chi connectivity index (χ3v) is 4.18. The van der Waals surface area contributed by atoms with Crippen LogP contribution in [0.3, 0.4) is 0 Å². The monoisotopic (exact) mass is 368 g/mol. The summed E-state index contributed by atoms with van der Waals surface area (Å²) in [6.45, 7) is 1.98. The second kappa shape index (κ2) is 4.12. The van der Waals surface area contributed by atoms with Crippen LogP contribution in [0.5, 0.6) is 0 Å². The van der Waals surface area contributed by atoms with Crippen molar-refractivity contribution in [3.05, 3.63) is 42.1 Å². The first-order valence-electron chi connectivity index (χ1n) is 5.54. The fraction of sp³-hybridized carbons (Fsp3) is 0.167. The van der Waals surface area contributed by atoms with E-state index in [4.69, 9.17) is 0 Å². The van der Waals surface area contributed by atoms with Crippen molar-refractivity contribution in [2.24, 2.45) is 7.05 Å². The summed E-state index contributed by atoms with van der Waals surface area (Å²) in [5.74, 6) is 0.293. The fourth-order valence-corrected chi connectivity index (χ4v) is 2.47. The van der Waals surface area contributed by atoms with Gasteiger partial charge in [-0.25, -0.2) is 9.78 Å². The van der Waals surface area contributed by atoms with Crippen LogP contribution < -0.4 is 11.2 Å². The quantitative estimate of drug-likeness (QED) is 0.475. The number of benzene rings is 1. The van der Waals surface area contributed by atoms with Gasteiger partial charge in [0.25, 0.3) is 5.56 Å². The molecule has 19 heavy (non-hydrogen) atoms. The van der Waals surface area contributed by atoms with E-state index < -0.39 is 11.2 Å². The molecule has 0 unspecified atom stereocenters. The molecule has 2 aliphatic rings. The van der Waals surface area contributed by atoms with E-state index in [1.165, 1.54) is 0 Å². The maximum absolute atomic E-state index is 11.8. The van der Waals surface area contributed by atoms with E-state index in [0.29, 0.717) is 11.3 Å². The number of hydrogen-bond acceptors (Lipinski definition) is 4. The summed E-state index contributed by atoms with van der Waals surface area (Å²) in [5, 5.41) is 0. The molecule has 96 valence electrons. The van der Waals surface area contributed by atoms with Gasteiger partial charge in [0, 0.05) is 10.6 Å². The average molecular weight is 368 g/mol. The van der Waals surface area contributed by atoms with E-state index in [0.717, 1.165) is 14.7 Å². The number of aryl methyl sites for hydroxylation is 2. The van der Waals surface area contributed by atoms with E-state index in [2.05, 4.69) is 37.5 Å². The highest BCUT2D eigenvalue weighted by molar-refractivity contribution is 14.1. The molecule has 3 rings (SSSR count). The molecule has 0 saturated carbocycles. The van der Waals surface area contributed by atoms with Gasteiger partial charge in [0.05, 0.1) is 11.0 Å². The lowest BCUT2D eigenvalue weighted by Gasteiger charge is -2.13. The molecule has 0 spiro atoms. The van der Waals surface area contributed by atoms with Crippen molar-refractivity contribution in [3.63, 3.8) is 0 Å². The molecular weight excluding hydrogens is 359 g/mol. The van der Waals surface area contributed by atoms with Gasteiger partial charge in [0.15, 0.2) is 11.5 Å². The van der Waals surface area contributed by atoms with Gasteiger partial charge in [-0.3, -0.25) is 9.78 Å². The third-order valence-electron chi connectivity index (χ3n) is 3.02. The van der Waals surface area contributed by atoms with Crippen LogP contribution in [0.15, 0.2) is 21.7 Å². The number of rotatable bonds is 0. The zero-order chi connectivity index (χ0) is 13.7. The topological polar surface area (TPSA) is 80.6 Å². The summed E-state index contributed by atoms with van der Waals surface area (Å²) >= 11 is 2.24. The van der Waals surface area contributed by atoms with E-state index in [1.54, 1.807) is 11.6 Å². The smallest absolute Gasteiger partial charge is 0.325 e. The number of nitrogens with one attached hydrogen (secondary N) is 1. The van der Waals surface area contributed by atoms with Crippen LogP contribution in [0.2, 0.25) is 0 Å². The number of nitrogens with zero attached hydrogens (tertiary/aromatic N) is 3. The molecule has 2 heterocycles. The van der Waals surface area contributed by atoms with Crippen LogP contribution in [0.4, 0.5) is 0 Å². The van der Waals surface area contributed by atoms with Crippen LogP contribution in [0, 0.1) is 10.5 Å². The molecule has 1 aromatic rings. The Morgan fingerprint density at radius 3 is 2.74 bits per heavy atom. The van der Waals surface area contributed by atoms with Gasteiger partial charge >= 0.3 is 5.69 Å². The number of halogens is 1. The normalized spacial score (nSPS) is 11.3. The first-order chi connectivity index (χ1) is 8.97. The summed E-state index contributed by atoms with van der Waals surface area (Å²) in [6, 6.07) is 3.88. The van der Waals surface area contributed by atoms with Gasteiger partial charge in [-0.1, -0.05) is 0 Å². The minimum absolute atomic E-state index is 0.176. The van der Waals surface area contributed by atoms with Crippen molar-refractivity contribution >= 4 is 33.6 Å². The SMILES string of the molecule is Cc1cc2nc3c(=O)[nH]c(=O)nc-3n(C)c2cc1I. The molecular formula is C12H9IN4O2. The van der Waals surface area contributed by atoms with Crippen LogP contribution >= 0.6 is 22.6 Å². The van der Waals surface area contributed by atoms with Crippen LogP contribution in [0.25, 0.3) is 22.6 Å². The Morgan fingerprint density at radius 2 is 2.00 bits per heavy atom. The number of aromatic amines is 1. The standard InChI is InChI=1S/C12H9IN4O2/c1-5-3-7-8(4-6(5)13)17(2)10-9(14-7)11(18)16-12(19)15-10/h3-4H,1-2H3,(H,16,18,19). The summed E-state index contributed by atoms with van der Waals surface area (Å²) in [7, 11) is 1.77. The molecule has 7 heteroatoms. The summed E-state index contributed by atoms with van der Waals surface area (Å²) < 4.78 is 2.81. The van der Waals surface area contributed by atoms with Gasteiger partial charge in [0.2, 0.25) is 0 Å². The lowest BCUT2D eigenvalue weighted by Crippen LogP contribution is -2.28. The van der Waals surface area contributed by atoms with E-state index in [1.807, 2.05) is 19.1 Å². The Hall–Kier alpha value is -1.77. The maximum Gasteiger partial charge on any atom is 0.349 e. The van der Waals surface area contributed by atoms with Gasteiger partial charge in [-0.05, 0) is 47.2 Å². The average Bonchev–Trinajstić information content (AvgIpc) is 2.34. The minimum Gasteiger partial charge on any atom is -0.325 e. The zero-order valence-electron chi connectivity index (χ0n) is 10.2. The van der Waals surface area contributed by atoms with Crippen molar-refractivity contribution in [1.29, 1.82) is 0 Å². The van der Waals surface area contributed by atoms with E-state index in [9.17, 15) is 9.59 Å². The van der Waals surface area contributed by atoms with E-state index >= 15 is 0 Å². The molecule has 1 N–H and O–H groups in total. The second-order valence-corrected chi connectivity index (χ2v) is 5.47. The fourth-order valence-electron chi connectivity index (χ4n) is 2.02. The molecule has 2 aliphatic heterocycles. The molecule has 0 saturated heterocycles. The molecule has 0 fully saturated rings. The molecule has 6 nitrogen and oxygen atoms in total. The van der Waals surface area contributed by atoms with Gasteiger partial charge in [-0.2, -0.15) is 4.98 Å². The van der Waals surface area contributed by atoms with Gasteiger partial charge in [-0.15, -0.1) is 0 Å². The van der Waals surface area contributed by atoms with Crippen molar-refractivity contribution in [3.8, 4) is 11.5 Å². The van der Waals surface area contributed by atoms with Crippen LogP contribution in [0.1, 0.15) is 5.56 Å². The predicted octanol–water partition coefficient (Wildman–Crippen LogP) is 1.03. The predicted molar refractivity (Wildman–Crippen MR) is 79.5 cm³/mol. The zero-order valence-corrected chi connectivity index (χ0v) is 12.3. The van der Waals surface area contributed by atoms with Crippen molar-refractivity contribution in [2.75, 3.05) is 0 Å². The van der Waals surface area contributed by atoms with Crippen molar-refractivity contribution < 1.29 is 0 Å². The van der Waals surface area contributed by atoms with Crippen LogP contribution in [-0.4, -0.2) is 19.5 Å². The molecule has 0 amide bonds. The summed E-state index contributed by atoms with van der Waals surface area (Å²) in [6.07, 6.45) is 0. The first-order valence-corrected chi connectivity index (χ1v) is 6.62. The molecule has 0 bridgehead atoms. The third kappa shape index (κ3) is 1.84. The Labute approximate surface area is 121 Å². The molecule has 0 radical (unpaired) electrons. The number of aromatic nitrogens is 4. The van der Waals surface area contributed by atoms with Gasteiger partial charge < -0.3 is 4.57 Å². The second-order valence-electron chi connectivity index (χ2n) is 4.30. The lowest BCUT2D eigenvalue weighted by atomic mass is 10.2. The number of H-pyrrole nitrogens is 1. The highest BCUT2D eigenvalue weighted by atomic mass is 127. The number of hydrogen-bond donors (Lipinski definition) is 1. The largest absolute Gasteiger partial charge is 0.349 e. The van der Waals surface area contributed by atoms with Crippen molar-refractivity contribution in [1.82, 2.24) is 19.5 Å². The first kappa shape index (κ1) is 12.3. The maximum atomic E-state index is 11.8. The highest BCUT2D eigenvalue weighted by Gasteiger charge is 2.16. The Morgan fingerprint density at radius 1 is 1.26 bits per heavy atom. The summed E-state index contributed by atoms with van der Waals surface area (Å²) in [5.41, 5.74) is 1.64. The van der Waals surface area contributed by atoms with Crippen molar-refractivity contribution in [2.45, 2.75) is 6.92 Å². The Balaban J connectivity index is 2.60. The minimum atomic E-state index is -0.656. The molecule has 0 aliphatic carbocycles. The highest BCUT2D eigenvalue weighted by Crippen LogP contribution is 2.23. The van der Waals surface area contributed by atoms with Crippen LogP contribution in [-0.2, 0) is 7.05 Å². The molecule has 1 aromatic carbocycles. The summed E-state index contributed by atoms with van der Waals surface area (Å²) in [4.78, 5) is 33.3. The number of fused-ring (bicyclic) bond motifs is 2.